The Morgan fingerprint density at radius 2 is 2.21 bits per heavy atom. The third kappa shape index (κ3) is 3.35. The second kappa shape index (κ2) is 6.38. The van der Waals surface area contributed by atoms with Crippen molar-refractivity contribution in [1.82, 2.24) is 9.97 Å². The van der Waals surface area contributed by atoms with E-state index < -0.39 is 0 Å². The zero-order valence-corrected chi connectivity index (χ0v) is 11.6. The van der Waals surface area contributed by atoms with Crippen molar-refractivity contribution in [2.45, 2.75) is 26.7 Å². The van der Waals surface area contributed by atoms with Crippen LogP contribution >= 0.6 is 0 Å². The third-order valence-corrected chi connectivity index (χ3v) is 2.97. The van der Waals surface area contributed by atoms with E-state index in [9.17, 15) is 0 Å². The molecule has 0 aliphatic heterocycles. The highest BCUT2D eigenvalue weighted by Crippen LogP contribution is 2.25. The lowest BCUT2D eigenvalue weighted by atomic mass is 10.1. The summed E-state index contributed by atoms with van der Waals surface area (Å²) in [6.07, 6.45) is 1.84. The van der Waals surface area contributed by atoms with Crippen LogP contribution in [0.25, 0.3) is 11.3 Å². The normalized spacial score (nSPS) is 10.7. The van der Waals surface area contributed by atoms with Gasteiger partial charge in [0, 0.05) is 17.7 Å². The van der Waals surface area contributed by atoms with Gasteiger partial charge in [-0.1, -0.05) is 12.1 Å². The molecular weight excluding hydrogens is 238 g/mol. The first-order valence-corrected chi connectivity index (χ1v) is 6.73. The molecule has 1 aromatic heterocycles. The average Bonchev–Trinajstić information content (AvgIpc) is 2.78. The van der Waals surface area contributed by atoms with Gasteiger partial charge >= 0.3 is 0 Å². The smallest absolute Gasteiger partial charge is 0.119 e. The molecule has 2 aromatic rings. The van der Waals surface area contributed by atoms with Gasteiger partial charge < -0.3 is 15.5 Å². The van der Waals surface area contributed by atoms with Gasteiger partial charge in [-0.25, -0.2) is 4.98 Å². The van der Waals surface area contributed by atoms with Crippen molar-refractivity contribution in [1.29, 1.82) is 0 Å². The fraction of sp³-hybridized carbons (Fsp3) is 0.400. The number of H-pyrrole nitrogens is 1. The summed E-state index contributed by atoms with van der Waals surface area (Å²) in [4.78, 5) is 7.97. The lowest BCUT2D eigenvalue weighted by Gasteiger charge is -2.04. The number of benzene rings is 1. The predicted octanol–water partition coefficient (Wildman–Crippen LogP) is 2.68. The largest absolute Gasteiger partial charge is 0.494 e. The van der Waals surface area contributed by atoms with E-state index in [1.807, 2.05) is 32.0 Å². The van der Waals surface area contributed by atoms with Crippen molar-refractivity contribution in [3.8, 4) is 17.0 Å². The van der Waals surface area contributed by atoms with Gasteiger partial charge in [-0.15, -0.1) is 0 Å². The number of aromatic nitrogens is 2. The Morgan fingerprint density at radius 3 is 2.95 bits per heavy atom. The fourth-order valence-corrected chi connectivity index (χ4v) is 2.09. The van der Waals surface area contributed by atoms with Gasteiger partial charge in [0.15, 0.2) is 0 Å². The molecule has 1 heterocycles. The van der Waals surface area contributed by atoms with Crippen LogP contribution in [-0.2, 0) is 6.42 Å². The number of ether oxygens (including phenoxy) is 1. The van der Waals surface area contributed by atoms with Gasteiger partial charge in [0.05, 0.1) is 12.3 Å². The molecule has 0 unspecified atom stereocenters. The van der Waals surface area contributed by atoms with E-state index in [1.165, 1.54) is 0 Å². The Morgan fingerprint density at radius 1 is 1.37 bits per heavy atom. The van der Waals surface area contributed by atoms with Crippen LogP contribution in [0.1, 0.15) is 24.9 Å². The van der Waals surface area contributed by atoms with E-state index in [-0.39, 0.29) is 0 Å². The van der Waals surface area contributed by atoms with Gasteiger partial charge in [0.25, 0.3) is 0 Å². The topological polar surface area (TPSA) is 63.9 Å². The Bertz CT molecular complexity index is 534. The lowest BCUT2D eigenvalue weighted by Crippen LogP contribution is -2.01. The van der Waals surface area contributed by atoms with E-state index in [2.05, 4.69) is 16.0 Å². The maximum absolute atomic E-state index is 5.53. The Labute approximate surface area is 114 Å². The fourth-order valence-electron chi connectivity index (χ4n) is 2.09. The molecule has 4 heteroatoms. The van der Waals surface area contributed by atoms with Gasteiger partial charge in [0.2, 0.25) is 0 Å². The molecule has 0 fully saturated rings. The minimum atomic E-state index is 0.671. The number of hydrogen-bond acceptors (Lipinski definition) is 3. The predicted molar refractivity (Wildman–Crippen MR) is 77.3 cm³/mol. The van der Waals surface area contributed by atoms with E-state index in [1.54, 1.807) is 0 Å². The maximum atomic E-state index is 5.53. The van der Waals surface area contributed by atoms with Crippen molar-refractivity contribution in [3.05, 3.63) is 35.8 Å². The van der Waals surface area contributed by atoms with E-state index in [0.29, 0.717) is 13.2 Å². The molecule has 0 aliphatic carbocycles. The maximum Gasteiger partial charge on any atom is 0.119 e. The first-order chi connectivity index (χ1) is 9.24. The zero-order valence-electron chi connectivity index (χ0n) is 11.6. The molecule has 0 amide bonds. The summed E-state index contributed by atoms with van der Waals surface area (Å²) in [5.41, 5.74) is 8.69. The van der Waals surface area contributed by atoms with Gasteiger partial charge in [0.1, 0.15) is 11.6 Å². The number of rotatable bonds is 6. The third-order valence-electron chi connectivity index (χ3n) is 2.97. The molecule has 19 heavy (non-hydrogen) atoms. The molecule has 1 aromatic carbocycles. The van der Waals surface area contributed by atoms with E-state index in [4.69, 9.17) is 10.5 Å². The first-order valence-electron chi connectivity index (χ1n) is 6.73. The van der Waals surface area contributed by atoms with Gasteiger partial charge in [-0.3, -0.25) is 0 Å². The molecule has 102 valence electrons. The number of nitrogens with zero attached hydrogens (tertiary/aromatic N) is 1. The number of hydrogen-bond donors (Lipinski definition) is 2. The van der Waals surface area contributed by atoms with Crippen molar-refractivity contribution < 1.29 is 4.74 Å². The van der Waals surface area contributed by atoms with Crippen molar-refractivity contribution in [2.75, 3.05) is 13.2 Å². The molecule has 0 atom stereocenters. The first kappa shape index (κ1) is 13.6. The average molecular weight is 259 g/mol. The Kier molecular flexibility index (Phi) is 4.58. The molecule has 0 spiro atoms. The highest BCUT2D eigenvalue weighted by atomic mass is 16.5. The second-order valence-corrected chi connectivity index (χ2v) is 4.51. The van der Waals surface area contributed by atoms with Crippen LogP contribution in [0.15, 0.2) is 24.3 Å². The molecule has 2 rings (SSSR count). The Balaban J connectivity index is 2.25. The van der Waals surface area contributed by atoms with Crippen LogP contribution < -0.4 is 10.5 Å². The minimum absolute atomic E-state index is 0.671. The monoisotopic (exact) mass is 259 g/mol. The molecule has 0 aliphatic rings. The lowest BCUT2D eigenvalue weighted by molar-refractivity contribution is 0.340. The van der Waals surface area contributed by atoms with Crippen LogP contribution in [0, 0.1) is 6.92 Å². The van der Waals surface area contributed by atoms with Crippen LogP contribution in [0.5, 0.6) is 5.75 Å². The summed E-state index contributed by atoms with van der Waals surface area (Å²) >= 11 is 0. The van der Waals surface area contributed by atoms with E-state index in [0.717, 1.165) is 41.4 Å². The van der Waals surface area contributed by atoms with Crippen molar-refractivity contribution >= 4 is 0 Å². The molecule has 4 nitrogen and oxygen atoms in total. The summed E-state index contributed by atoms with van der Waals surface area (Å²) in [6, 6.07) is 8.04. The molecule has 0 bridgehead atoms. The quantitative estimate of drug-likeness (QED) is 0.838. The molecule has 0 saturated heterocycles. The van der Waals surface area contributed by atoms with Crippen molar-refractivity contribution in [2.24, 2.45) is 5.73 Å². The summed E-state index contributed by atoms with van der Waals surface area (Å²) < 4.78 is 5.53. The summed E-state index contributed by atoms with van der Waals surface area (Å²) in [7, 11) is 0. The Hall–Kier alpha value is -1.81. The number of aromatic amines is 1. The molecule has 0 saturated carbocycles. The molecule has 3 N–H and O–H groups in total. The highest BCUT2D eigenvalue weighted by molar-refractivity contribution is 5.63. The number of nitrogens with one attached hydrogen (secondary N) is 1. The van der Waals surface area contributed by atoms with Crippen LogP contribution in [-0.4, -0.2) is 23.1 Å². The number of nitrogens with two attached hydrogens (primary N) is 1. The summed E-state index contributed by atoms with van der Waals surface area (Å²) in [6.45, 7) is 5.39. The number of imidazole rings is 1. The van der Waals surface area contributed by atoms with Crippen LogP contribution in [0.2, 0.25) is 0 Å². The molecule has 0 radical (unpaired) electrons. The van der Waals surface area contributed by atoms with E-state index >= 15 is 0 Å². The standard InChI is InChI=1S/C15H21N3O/c1-3-19-13-7-4-6-12(10-13)15-11(2)17-14(18-15)8-5-9-16/h4,6-7,10H,3,5,8-9,16H2,1-2H3,(H,17,18). The SMILES string of the molecule is CCOc1cccc(-c2nc(CCCN)[nH]c2C)c1. The summed E-state index contributed by atoms with van der Waals surface area (Å²) in [5.74, 6) is 1.88. The summed E-state index contributed by atoms with van der Waals surface area (Å²) in [5, 5.41) is 0. The zero-order chi connectivity index (χ0) is 13.7. The van der Waals surface area contributed by atoms with Gasteiger partial charge in [-0.05, 0) is 38.9 Å². The molecular formula is C15H21N3O. The number of aryl methyl sites for hydroxylation is 2. The van der Waals surface area contributed by atoms with Crippen LogP contribution in [0.4, 0.5) is 0 Å². The van der Waals surface area contributed by atoms with Gasteiger partial charge in [-0.2, -0.15) is 0 Å². The van der Waals surface area contributed by atoms with Crippen LogP contribution in [0.3, 0.4) is 0 Å². The van der Waals surface area contributed by atoms with Crippen molar-refractivity contribution in [3.63, 3.8) is 0 Å². The highest BCUT2D eigenvalue weighted by Gasteiger charge is 2.09. The minimum Gasteiger partial charge on any atom is -0.494 e. The second-order valence-electron chi connectivity index (χ2n) is 4.51.